The Labute approximate surface area is 118 Å². The zero-order chi connectivity index (χ0) is 13.2. The molecule has 0 aliphatic heterocycles. The van der Waals surface area contributed by atoms with Crippen LogP contribution in [0.1, 0.15) is 31.4 Å². The SMILES string of the molecule is CN(C)C1(C(N)Cc2ccc(Br)cn2)CCCC1. The molecule has 1 atom stereocenters. The average molecular weight is 312 g/mol. The molecule has 18 heavy (non-hydrogen) atoms. The maximum absolute atomic E-state index is 6.49. The fraction of sp³-hybridized carbons (Fsp3) is 0.643. The van der Waals surface area contributed by atoms with Crippen molar-refractivity contribution in [3.8, 4) is 0 Å². The molecule has 1 aliphatic rings. The smallest absolute Gasteiger partial charge is 0.0420 e. The average Bonchev–Trinajstić information content (AvgIpc) is 2.82. The lowest BCUT2D eigenvalue weighted by Crippen LogP contribution is -2.56. The molecule has 1 unspecified atom stereocenters. The van der Waals surface area contributed by atoms with Crippen LogP contribution < -0.4 is 5.73 Å². The second-order valence-electron chi connectivity index (χ2n) is 5.48. The molecule has 0 bridgehead atoms. The minimum Gasteiger partial charge on any atom is -0.326 e. The first-order chi connectivity index (χ1) is 8.54. The van der Waals surface area contributed by atoms with E-state index >= 15 is 0 Å². The number of nitrogens with two attached hydrogens (primary N) is 1. The molecule has 1 aromatic heterocycles. The molecule has 0 radical (unpaired) electrons. The number of rotatable bonds is 4. The van der Waals surface area contributed by atoms with Crippen molar-refractivity contribution in [3.05, 3.63) is 28.5 Å². The van der Waals surface area contributed by atoms with Gasteiger partial charge in [-0.2, -0.15) is 0 Å². The zero-order valence-corrected chi connectivity index (χ0v) is 12.8. The number of likely N-dealkylation sites (N-methyl/N-ethyl adjacent to an activating group) is 1. The highest BCUT2D eigenvalue weighted by Crippen LogP contribution is 2.36. The van der Waals surface area contributed by atoms with E-state index in [1.165, 1.54) is 25.7 Å². The first kappa shape index (κ1) is 14.0. The highest BCUT2D eigenvalue weighted by atomic mass is 79.9. The summed E-state index contributed by atoms with van der Waals surface area (Å²) in [4.78, 5) is 6.76. The van der Waals surface area contributed by atoms with E-state index < -0.39 is 0 Å². The lowest BCUT2D eigenvalue weighted by Gasteiger charge is -2.41. The Morgan fingerprint density at radius 3 is 2.56 bits per heavy atom. The van der Waals surface area contributed by atoms with Gasteiger partial charge in [-0.15, -0.1) is 0 Å². The highest BCUT2D eigenvalue weighted by Gasteiger charge is 2.41. The molecule has 0 saturated heterocycles. The Morgan fingerprint density at radius 2 is 2.06 bits per heavy atom. The molecule has 3 nitrogen and oxygen atoms in total. The van der Waals surface area contributed by atoms with Gasteiger partial charge in [0.15, 0.2) is 0 Å². The van der Waals surface area contributed by atoms with E-state index in [1.807, 2.05) is 12.3 Å². The van der Waals surface area contributed by atoms with E-state index in [9.17, 15) is 0 Å². The quantitative estimate of drug-likeness (QED) is 0.929. The van der Waals surface area contributed by atoms with Crippen LogP contribution in [0.3, 0.4) is 0 Å². The third-order valence-corrected chi connectivity index (χ3v) is 4.74. The van der Waals surface area contributed by atoms with E-state index in [4.69, 9.17) is 5.73 Å². The number of aromatic nitrogens is 1. The Kier molecular flexibility index (Phi) is 4.41. The van der Waals surface area contributed by atoms with Gasteiger partial charge in [-0.1, -0.05) is 12.8 Å². The van der Waals surface area contributed by atoms with Gasteiger partial charge in [0.25, 0.3) is 0 Å². The van der Waals surface area contributed by atoms with Crippen LogP contribution in [0.15, 0.2) is 22.8 Å². The van der Waals surface area contributed by atoms with Crippen molar-refractivity contribution < 1.29 is 0 Å². The number of halogens is 1. The normalized spacial score (nSPS) is 20.3. The van der Waals surface area contributed by atoms with Crippen LogP contribution in [-0.4, -0.2) is 35.6 Å². The van der Waals surface area contributed by atoms with Gasteiger partial charge >= 0.3 is 0 Å². The van der Waals surface area contributed by atoms with Gasteiger partial charge < -0.3 is 10.6 Å². The van der Waals surface area contributed by atoms with Crippen LogP contribution in [0.4, 0.5) is 0 Å². The standard InChI is InChI=1S/C14H22BrN3/c1-18(2)14(7-3-4-8-14)13(16)9-12-6-5-11(15)10-17-12/h5-6,10,13H,3-4,7-9,16H2,1-2H3. The van der Waals surface area contributed by atoms with E-state index in [2.05, 4.69) is 46.0 Å². The molecule has 100 valence electrons. The fourth-order valence-corrected chi connectivity index (χ4v) is 3.31. The van der Waals surface area contributed by atoms with Crippen LogP contribution in [-0.2, 0) is 6.42 Å². The second-order valence-corrected chi connectivity index (χ2v) is 6.40. The molecule has 1 saturated carbocycles. The first-order valence-corrected chi connectivity index (χ1v) is 7.37. The number of hydrogen-bond acceptors (Lipinski definition) is 3. The molecular formula is C14H22BrN3. The summed E-state index contributed by atoms with van der Waals surface area (Å²) in [5.41, 5.74) is 7.74. The maximum atomic E-state index is 6.49. The Hall–Kier alpha value is -0.450. The predicted molar refractivity (Wildman–Crippen MR) is 78.5 cm³/mol. The molecule has 1 aromatic rings. The van der Waals surface area contributed by atoms with Gasteiger partial charge in [-0.3, -0.25) is 4.98 Å². The predicted octanol–water partition coefficient (Wildman–Crippen LogP) is 2.59. The lowest BCUT2D eigenvalue weighted by atomic mass is 9.84. The maximum Gasteiger partial charge on any atom is 0.0420 e. The molecule has 0 amide bonds. The molecule has 0 aromatic carbocycles. The minimum atomic E-state index is 0.156. The summed E-state index contributed by atoms with van der Waals surface area (Å²) in [5.74, 6) is 0. The van der Waals surface area contributed by atoms with E-state index in [1.54, 1.807) is 0 Å². The summed E-state index contributed by atoms with van der Waals surface area (Å²) in [6.07, 6.45) is 7.69. The topological polar surface area (TPSA) is 42.1 Å². The van der Waals surface area contributed by atoms with Gasteiger partial charge in [0, 0.05) is 34.4 Å². The summed E-state index contributed by atoms with van der Waals surface area (Å²) in [6, 6.07) is 4.25. The first-order valence-electron chi connectivity index (χ1n) is 6.58. The summed E-state index contributed by atoms with van der Waals surface area (Å²) in [5, 5.41) is 0. The van der Waals surface area contributed by atoms with Gasteiger partial charge in [0.05, 0.1) is 0 Å². The van der Waals surface area contributed by atoms with Crippen LogP contribution in [0.25, 0.3) is 0 Å². The number of hydrogen-bond donors (Lipinski definition) is 1. The van der Waals surface area contributed by atoms with Gasteiger partial charge in [0.2, 0.25) is 0 Å². The largest absolute Gasteiger partial charge is 0.326 e. The van der Waals surface area contributed by atoms with Crippen molar-refractivity contribution in [3.63, 3.8) is 0 Å². The van der Waals surface area contributed by atoms with E-state index in [0.29, 0.717) is 0 Å². The van der Waals surface area contributed by atoms with Crippen molar-refractivity contribution in [1.82, 2.24) is 9.88 Å². The molecular weight excluding hydrogens is 290 g/mol. The van der Waals surface area contributed by atoms with Gasteiger partial charge in [0.1, 0.15) is 0 Å². The molecule has 2 N–H and O–H groups in total. The summed E-state index contributed by atoms with van der Waals surface area (Å²) < 4.78 is 1.02. The van der Waals surface area contributed by atoms with Crippen molar-refractivity contribution >= 4 is 15.9 Å². The fourth-order valence-electron chi connectivity index (χ4n) is 3.08. The van der Waals surface area contributed by atoms with Crippen LogP contribution in [0.2, 0.25) is 0 Å². The third kappa shape index (κ3) is 2.76. The summed E-state index contributed by atoms with van der Waals surface area (Å²) in [6.45, 7) is 0. The Bertz CT molecular complexity index is 383. The third-order valence-electron chi connectivity index (χ3n) is 4.27. The van der Waals surface area contributed by atoms with Crippen molar-refractivity contribution in [2.24, 2.45) is 5.73 Å². The van der Waals surface area contributed by atoms with E-state index in [-0.39, 0.29) is 11.6 Å². The van der Waals surface area contributed by atoms with Gasteiger partial charge in [-0.05, 0) is 55.0 Å². The lowest BCUT2D eigenvalue weighted by molar-refractivity contribution is 0.122. The molecule has 1 aliphatic carbocycles. The van der Waals surface area contributed by atoms with Crippen LogP contribution in [0.5, 0.6) is 0 Å². The van der Waals surface area contributed by atoms with Gasteiger partial charge in [-0.25, -0.2) is 0 Å². The van der Waals surface area contributed by atoms with Crippen LogP contribution in [0, 0.1) is 0 Å². The molecule has 1 heterocycles. The second kappa shape index (κ2) is 5.68. The highest BCUT2D eigenvalue weighted by molar-refractivity contribution is 9.10. The van der Waals surface area contributed by atoms with E-state index in [0.717, 1.165) is 16.6 Å². The Balaban J connectivity index is 2.10. The number of pyridine rings is 1. The molecule has 0 spiro atoms. The zero-order valence-electron chi connectivity index (χ0n) is 11.2. The summed E-state index contributed by atoms with van der Waals surface area (Å²) >= 11 is 3.41. The van der Waals surface area contributed by atoms with Crippen LogP contribution >= 0.6 is 15.9 Å². The molecule has 2 rings (SSSR count). The molecule has 4 heteroatoms. The van der Waals surface area contributed by atoms with Crippen molar-refractivity contribution in [2.45, 2.75) is 43.7 Å². The van der Waals surface area contributed by atoms with Crippen molar-refractivity contribution in [2.75, 3.05) is 14.1 Å². The minimum absolute atomic E-state index is 0.156. The molecule has 1 fully saturated rings. The number of nitrogens with zero attached hydrogens (tertiary/aromatic N) is 2. The monoisotopic (exact) mass is 311 g/mol. The Morgan fingerprint density at radius 1 is 1.39 bits per heavy atom. The summed E-state index contributed by atoms with van der Waals surface area (Å²) in [7, 11) is 4.31. The van der Waals surface area contributed by atoms with Crippen molar-refractivity contribution in [1.29, 1.82) is 0 Å².